The minimum absolute atomic E-state index is 0.293. The highest BCUT2D eigenvalue weighted by Crippen LogP contribution is 2.28. The zero-order valence-electron chi connectivity index (χ0n) is 8.95. The first kappa shape index (κ1) is 13.8. The molecule has 0 aliphatic rings. The van der Waals surface area contributed by atoms with Crippen molar-refractivity contribution in [2.75, 3.05) is 13.2 Å². The Balaban J connectivity index is 3.23. The van der Waals surface area contributed by atoms with Crippen molar-refractivity contribution in [2.24, 2.45) is 0 Å². The number of unbranched alkanes of at least 4 members (excludes halogenated alkanes) is 2. The summed E-state index contributed by atoms with van der Waals surface area (Å²) in [7, 11) is -3.06. The highest BCUT2D eigenvalue weighted by atomic mass is 31.2. The number of carbonyl (C=O) groups excluding carboxylic acids is 1. The molecule has 0 saturated heterocycles. The predicted octanol–water partition coefficient (Wildman–Crippen LogP) is 1.93. The van der Waals surface area contributed by atoms with Gasteiger partial charge in [0, 0.05) is 26.1 Å². The van der Waals surface area contributed by atoms with Gasteiger partial charge in [0.1, 0.15) is 5.78 Å². The maximum atomic E-state index is 10.9. The molecule has 4 nitrogen and oxygen atoms in total. The van der Waals surface area contributed by atoms with Crippen LogP contribution in [0.25, 0.3) is 0 Å². The first-order valence-electron chi connectivity index (χ1n) is 5.03. The Morgan fingerprint density at radius 3 is 2.50 bits per heavy atom. The number of rotatable bonds is 8. The molecular weight excluding hydrogens is 201 g/mol. The van der Waals surface area contributed by atoms with Crippen molar-refractivity contribution in [2.45, 2.75) is 39.0 Å². The van der Waals surface area contributed by atoms with Gasteiger partial charge in [-0.25, -0.2) is 5.09 Å². The molecule has 84 valence electrons. The van der Waals surface area contributed by atoms with E-state index in [2.05, 4.69) is 5.09 Å². The van der Waals surface area contributed by atoms with E-state index in [0.717, 1.165) is 19.3 Å². The van der Waals surface area contributed by atoms with Crippen LogP contribution in [-0.4, -0.2) is 23.9 Å². The lowest BCUT2D eigenvalue weighted by molar-refractivity contribution is -0.118. The van der Waals surface area contributed by atoms with Gasteiger partial charge in [-0.05, 0) is 12.8 Å². The molecule has 0 amide bonds. The van der Waals surface area contributed by atoms with Gasteiger partial charge in [0.15, 0.2) is 0 Å². The Labute approximate surface area is 85.6 Å². The van der Waals surface area contributed by atoms with E-state index in [9.17, 15) is 9.36 Å². The average Bonchev–Trinajstić information content (AvgIpc) is 2.08. The van der Waals surface area contributed by atoms with Gasteiger partial charge in [0.05, 0.1) is 0 Å². The molecule has 0 rings (SSSR count). The molecule has 0 spiro atoms. The van der Waals surface area contributed by atoms with Gasteiger partial charge in [-0.3, -0.25) is 9.36 Å². The van der Waals surface area contributed by atoms with Crippen LogP contribution in [0.3, 0.4) is 0 Å². The molecule has 0 heterocycles. The molecule has 0 saturated carbocycles. The van der Waals surface area contributed by atoms with Gasteiger partial charge in [0.2, 0.25) is 0 Å². The second kappa shape index (κ2) is 7.16. The molecule has 0 fully saturated rings. The van der Waals surface area contributed by atoms with Crippen molar-refractivity contribution in [3.05, 3.63) is 0 Å². The Bertz CT molecular complexity index is 212. The zero-order chi connectivity index (χ0) is 11.0. The fraction of sp³-hybridized carbons (Fsp3) is 0.889. The van der Waals surface area contributed by atoms with E-state index in [1.165, 1.54) is 6.66 Å². The summed E-state index contributed by atoms with van der Waals surface area (Å²) >= 11 is 0. The topological polar surface area (TPSA) is 66.4 Å². The van der Waals surface area contributed by atoms with Crippen LogP contribution in [0.15, 0.2) is 0 Å². The fourth-order valence-corrected chi connectivity index (χ4v) is 1.66. The van der Waals surface area contributed by atoms with Crippen molar-refractivity contribution in [1.29, 1.82) is 0 Å². The van der Waals surface area contributed by atoms with Crippen LogP contribution in [0.2, 0.25) is 0 Å². The van der Waals surface area contributed by atoms with Gasteiger partial charge in [-0.15, -0.1) is 0 Å². The Morgan fingerprint density at radius 1 is 1.36 bits per heavy atom. The van der Waals surface area contributed by atoms with E-state index in [0.29, 0.717) is 25.2 Å². The largest absolute Gasteiger partial charge is 0.333 e. The molecule has 0 aromatic carbocycles. The predicted molar refractivity (Wildman–Crippen MR) is 57.5 cm³/mol. The average molecular weight is 221 g/mol. The number of carbonyl (C=O) groups is 1. The molecular formula is C9H20NO3P. The van der Waals surface area contributed by atoms with Gasteiger partial charge in [0.25, 0.3) is 7.52 Å². The van der Waals surface area contributed by atoms with Crippen LogP contribution in [0.5, 0.6) is 0 Å². The molecule has 0 aliphatic carbocycles. The summed E-state index contributed by atoms with van der Waals surface area (Å²) in [4.78, 5) is 19.8. The third kappa shape index (κ3) is 9.90. The molecule has 0 bridgehead atoms. The van der Waals surface area contributed by atoms with E-state index < -0.39 is 7.52 Å². The summed E-state index contributed by atoms with van der Waals surface area (Å²) in [5.41, 5.74) is 0. The summed E-state index contributed by atoms with van der Waals surface area (Å²) in [6, 6.07) is 0. The second-order valence-corrected chi connectivity index (χ2v) is 5.56. The Morgan fingerprint density at radius 2 is 2.00 bits per heavy atom. The fourth-order valence-electron chi connectivity index (χ4n) is 1.09. The minimum Gasteiger partial charge on any atom is -0.333 e. The lowest BCUT2D eigenvalue weighted by atomic mass is 10.1. The van der Waals surface area contributed by atoms with Crippen LogP contribution >= 0.6 is 7.52 Å². The number of Topliss-reactive ketones (excluding diaryl/α,β-unsaturated/α-hetero) is 1. The maximum Gasteiger partial charge on any atom is 0.264 e. The second-order valence-electron chi connectivity index (χ2n) is 3.49. The lowest BCUT2D eigenvalue weighted by Gasteiger charge is -2.06. The van der Waals surface area contributed by atoms with E-state index >= 15 is 0 Å². The first-order valence-corrected chi connectivity index (χ1v) is 7.13. The van der Waals surface area contributed by atoms with Crippen LogP contribution in [0, 0.1) is 0 Å². The van der Waals surface area contributed by atoms with Crippen molar-refractivity contribution in [3.63, 3.8) is 0 Å². The molecule has 0 aliphatic heterocycles. The van der Waals surface area contributed by atoms with E-state index in [-0.39, 0.29) is 0 Å². The molecule has 1 unspecified atom stereocenters. The number of hydrogen-bond donors (Lipinski definition) is 2. The summed E-state index contributed by atoms with van der Waals surface area (Å²) in [5.74, 6) is 0.293. The molecule has 5 heteroatoms. The summed E-state index contributed by atoms with van der Waals surface area (Å²) < 4.78 is 10.8. The Hall–Kier alpha value is -0.180. The number of nitrogens with one attached hydrogen (secondary N) is 1. The molecule has 0 aromatic heterocycles. The van der Waals surface area contributed by atoms with Gasteiger partial charge >= 0.3 is 0 Å². The SMILES string of the molecule is CCC(=O)CCCCCNP(C)(=O)O. The smallest absolute Gasteiger partial charge is 0.264 e. The summed E-state index contributed by atoms with van der Waals surface area (Å²) in [6.45, 7) is 3.70. The van der Waals surface area contributed by atoms with Crippen molar-refractivity contribution >= 4 is 13.3 Å². The lowest BCUT2D eigenvalue weighted by Crippen LogP contribution is -2.10. The normalized spacial score (nSPS) is 15.1. The standard InChI is InChI=1S/C9H20NO3P/c1-3-9(11)7-5-4-6-8-10-14(2,12)13/h3-8H2,1-2H3,(H2,10,12,13). The van der Waals surface area contributed by atoms with Crippen molar-refractivity contribution < 1.29 is 14.3 Å². The van der Waals surface area contributed by atoms with Crippen molar-refractivity contribution in [3.8, 4) is 0 Å². The van der Waals surface area contributed by atoms with E-state index in [1.807, 2.05) is 6.92 Å². The molecule has 0 radical (unpaired) electrons. The molecule has 14 heavy (non-hydrogen) atoms. The Kier molecular flexibility index (Phi) is 7.06. The van der Waals surface area contributed by atoms with E-state index in [4.69, 9.17) is 4.89 Å². The van der Waals surface area contributed by atoms with E-state index in [1.54, 1.807) is 0 Å². The summed E-state index contributed by atoms with van der Waals surface area (Å²) in [6.07, 6.45) is 3.90. The minimum atomic E-state index is -3.06. The van der Waals surface area contributed by atoms with Crippen LogP contribution in [-0.2, 0) is 9.36 Å². The molecule has 2 N–H and O–H groups in total. The molecule has 1 atom stereocenters. The van der Waals surface area contributed by atoms with Gasteiger partial charge in [-0.1, -0.05) is 13.3 Å². The summed E-state index contributed by atoms with van der Waals surface area (Å²) in [5, 5.41) is 2.55. The zero-order valence-corrected chi connectivity index (χ0v) is 9.85. The van der Waals surface area contributed by atoms with Crippen LogP contribution in [0.4, 0.5) is 0 Å². The number of ketones is 1. The maximum absolute atomic E-state index is 10.9. The van der Waals surface area contributed by atoms with Crippen LogP contribution in [0.1, 0.15) is 39.0 Å². The highest BCUT2D eigenvalue weighted by molar-refractivity contribution is 7.54. The van der Waals surface area contributed by atoms with Gasteiger partial charge < -0.3 is 4.89 Å². The monoisotopic (exact) mass is 221 g/mol. The van der Waals surface area contributed by atoms with Gasteiger partial charge in [-0.2, -0.15) is 0 Å². The molecule has 0 aromatic rings. The highest BCUT2D eigenvalue weighted by Gasteiger charge is 2.06. The third-order valence-corrected chi connectivity index (χ3v) is 2.74. The van der Waals surface area contributed by atoms with Crippen molar-refractivity contribution in [1.82, 2.24) is 5.09 Å². The quantitative estimate of drug-likeness (QED) is 0.485. The van der Waals surface area contributed by atoms with Crippen LogP contribution < -0.4 is 5.09 Å². The number of hydrogen-bond acceptors (Lipinski definition) is 2. The first-order chi connectivity index (χ1) is 6.45. The third-order valence-electron chi connectivity index (χ3n) is 1.93.